The summed E-state index contributed by atoms with van der Waals surface area (Å²) in [5.41, 5.74) is 0.800. The number of nitrogens with one attached hydrogen (secondary N) is 1. The number of hydrogen-bond acceptors (Lipinski definition) is 4. The Hall–Kier alpha value is -2.82. The van der Waals surface area contributed by atoms with Crippen LogP contribution in [0.5, 0.6) is 11.5 Å². The molecular weight excluding hydrogens is 256 g/mol. The number of rotatable bonds is 4. The third-order valence-corrected chi connectivity index (χ3v) is 2.40. The highest BCUT2D eigenvalue weighted by Gasteiger charge is 1.97. The van der Waals surface area contributed by atoms with Crippen LogP contribution in [0.3, 0.4) is 0 Å². The van der Waals surface area contributed by atoms with E-state index in [9.17, 15) is 4.79 Å². The van der Waals surface area contributed by atoms with E-state index >= 15 is 0 Å². The highest BCUT2D eigenvalue weighted by Crippen LogP contribution is 2.20. The van der Waals surface area contributed by atoms with Crippen LogP contribution in [0.25, 0.3) is 0 Å². The Morgan fingerprint density at radius 3 is 2.35 bits per heavy atom. The minimum Gasteiger partial charge on any atom is -0.457 e. The predicted molar refractivity (Wildman–Crippen MR) is 76.1 cm³/mol. The lowest BCUT2D eigenvalue weighted by atomic mass is 10.2. The Bertz CT molecular complexity index is 580. The van der Waals surface area contributed by atoms with Crippen LogP contribution in [0.15, 0.2) is 59.8 Å². The fourth-order valence-electron chi connectivity index (χ4n) is 1.43. The molecular formula is C15H14N2O3. The Balaban J connectivity index is 1.94. The molecule has 1 N–H and O–H groups in total. The van der Waals surface area contributed by atoms with Crippen molar-refractivity contribution in [3.8, 4) is 11.5 Å². The summed E-state index contributed by atoms with van der Waals surface area (Å²) in [4.78, 5) is 15.3. The molecule has 2 aromatic rings. The van der Waals surface area contributed by atoms with Crippen molar-refractivity contribution in [2.45, 2.75) is 0 Å². The fraction of sp³-hybridized carbons (Fsp3) is 0.0667. The average Bonchev–Trinajstić information content (AvgIpc) is 2.50. The van der Waals surface area contributed by atoms with Crippen LogP contribution in [-0.4, -0.2) is 19.4 Å². The van der Waals surface area contributed by atoms with Crippen LogP contribution >= 0.6 is 0 Å². The summed E-state index contributed by atoms with van der Waals surface area (Å²) in [7, 11) is 1.47. The number of nitrogens with zero attached hydrogens (tertiary/aromatic N) is 1. The number of benzene rings is 2. The second-order valence-corrected chi connectivity index (χ2v) is 3.85. The van der Waals surface area contributed by atoms with Crippen LogP contribution in [0.4, 0.5) is 4.79 Å². The lowest BCUT2D eigenvalue weighted by Crippen LogP contribution is -2.16. The van der Waals surface area contributed by atoms with E-state index in [0.29, 0.717) is 0 Å². The zero-order valence-electron chi connectivity index (χ0n) is 10.9. The maximum absolute atomic E-state index is 10.8. The number of carbonyl (C=O) groups excluding carboxylic acids is 1. The highest BCUT2D eigenvalue weighted by atomic mass is 16.7. The van der Waals surface area contributed by atoms with Gasteiger partial charge >= 0.3 is 6.09 Å². The van der Waals surface area contributed by atoms with E-state index in [1.807, 2.05) is 54.6 Å². The van der Waals surface area contributed by atoms with E-state index < -0.39 is 6.09 Å². The monoisotopic (exact) mass is 270 g/mol. The zero-order valence-corrected chi connectivity index (χ0v) is 10.9. The third kappa shape index (κ3) is 4.13. The maximum Gasteiger partial charge on any atom is 0.433 e. The second-order valence-electron chi connectivity index (χ2n) is 3.85. The molecule has 0 atom stereocenters. The van der Waals surface area contributed by atoms with Crippen LogP contribution in [0.2, 0.25) is 0 Å². The van der Waals surface area contributed by atoms with Crippen molar-refractivity contribution in [1.82, 2.24) is 5.32 Å². The van der Waals surface area contributed by atoms with Gasteiger partial charge in [0.25, 0.3) is 0 Å². The van der Waals surface area contributed by atoms with Crippen LogP contribution in [0, 0.1) is 0 Å². The molecule has 20 heavy (non-hydrogen) atoms. The molecule has 102 valence electrons. The van der Waals surface area contributed by atoms with Crippen LogP contribution < -0.4 is 10.1 Å². The molecule has 0 unspecified atom stereocenters. The first-order valence-electron chi connectivity index (χ1n) is 6.03. The van der Waals surface area contributed by atoms with E-state index in [-0.39, 0.29) is 0 Å². The quantitative estimate of drug-likeness (QED) is 0.527. The number of ether oxygens (including phenoxy) is 1. The summed E-state index contributed by atoms with van der Waals surface area (Å²) >= 11 is 0. The van der Waals surface area contributed by atoms with Crippen molar-refractivity contribution >= 4 is 12.3 Å². The van der Waals surface area contributed by atoms with Gasteiger partial charge in [-0.15, -0.1) is 0 Å². The van der Waals surface area contributed by atoms with Crippen molar-refractivity contribution in [1.29, 1.82) is 0 Å². The minimum atomic E-state index is -0.606. The summed E-state index contributed by atoms with van der Waals surface area (Å²) < 4.78 is 5.65. The Labute approximate surface area is 116 Å². The first-order valence-corrected chi connectivity index (χ1v) is 6.03. The summed E-state index contributed by atoms with van der Waals surface area (Å²) in [6, 6.07) is 16.8. The van der Waals surface area contributed by atoms with E-state index in [4.69, 9.17) is 4.74 Å². The molecule has 0 saturated heterocycles. The molecule has 2 aromatic carbocycles. The minimum absolute atomic E-state index is 0.606. The first-order chi connectivity index (χ1) is 9.78. The van der Waals surface area contributed by atoms with Gasteiger partial charge in [0.05, 0.1) is 6.21 Å². The Morgan fingerprint density at radius 2 is 1.70 bits per heavy atom. The lowest BCUT2D eigenvalue weighted by molar-refractivity contribution is 0.154. The second kappa shape index (κ2) is 6.94. The van der Waals surface area contributed by atoms with Crippen molar-refractivity contribution in [3.05, 3.63) is 60.2 Å². The third-order valence-electron chi connectivity index (χ3n) is 2.40. The molecule has 5 nitrogen and oxygen atoms in total. The molecule has 5 heteroatoms. The van der Waals surface area contributed by atoms with Crippen molar-refractivity contribution in [3.63, 3.8) is 0 Å². The van der Waals surface area contributed by atoms with Gasteiger partial charge in [-0.2, -0.15) is 0 Å². The standard InChI is InChI=1S/C15H14N2O3/c1-16-15(18)20-17-11-12-7-9-14(10-8-12)19-13-5-3-2-4-6-13/h2-11H,1H3,(H,16,18)/b17-11+. The molecule has 0 aliphatic heterocycles. The maximum atomic E-state index is 10.8. The Kier molecular flexibility index (Phi) is 4.72. The molecule has 0 spiro atoms. The topological polar surface area (TPSA) is 59.9 Å². The average molecular weight is 270 g/mol. The van der Waals surface area contributed by atoms with E-state index in [1.54, 1.807) is 0 Å². The van der Waals surface area contributed by atoms with Gasteiger partial charge in [-0.1, -0.05) is 23.4 Å². The summed E-state index contributed by atoms with van der Waals surface area (Å²) in [6.07, 6.45) is 0.840. The first kappa shape index (κ1) is 13.6. The largest absolute Gasteiger partial charge is 0.457 e. The van der Waals surface area contributed by atoms with Crippen LogP contribution in [0.1, 0.15) is 5.56 Å². The SMILES string of the molecule is CNC(=O)O/N=C/c1ccc(Oc2ccccc2)cc1. The molecule has 0 aliphatic carbocycles. The number of amides is 1. The van der Waals surface area contributed by atoms with Gasteiger partial charge in [-0.25, -0.2) is 4.79 Å². The molecule has 0 heterocycles. The van der Waals surface area contributed by atoms with Gasteiger partial charge in [-0.05, 0) is 42.0 Å². The van der Waals surface area contributed by atoms with Gasteiger partial charge < -0.3 is 10.1 Å². The van der Waals surface area contributed by atoms with Gasteiger partial charge in [0, 0.05) is 7.05 Å². The molecule has 0 fully saturated rings. The van der Waals surface area contributed by atoms with Crippen molar-refractivity contribution in [2.24, 2.45) is 5.16 Å². The number of carbonyl (C=O) groups is 1. The fourth-order valence-corrected chi connectivity index (χ4v) is 1.43. The van der Waals surface area contributed by atoms with E-state index in [2.05, 4.69) is 15.3 Å². The molecule has 2 rings (SSSR count). The summed E-state index contributed by atoms with van der Waals surface area (Å²) in [5.74, 6) is 1.50. The number of para-hydroxylation sites is 1. The lowest BCUT2D eigenvalue weighted by Gasteiger charge is -2.05. The van der Waals surface area contributed by atoms with Crippen molar-refractivity contribution in [2.75, 3.05) is 7.05 Å². The van der Waals surface area contributed by atoms with E-state index in [1.165, 1.54) is 13.3 Å². The normalized spacial score (nSPS) is 10.2. The Morgan fingerprint density at radius 1 is 1.05 bits per heavy atom. The predicted octanol–water partition coefficient (Wildman–Crippen LogP) is 3.17. The summed E-state index contributed by atoms with van der Waals surface area (Å²) in [6.45, 7) is 0. The van der Waals surface area contributed by atoms with Crippen molar-refractivity contribution < 1.29 is 14.4 Å². The molecule has 1 amide bonds. The van der Waals surface area contributed by atoms with Gasteiger partial charge in [-0.3, -0.25) is 4.84 Å². The zero-order chi connectivity index (χ0) is 14.2. The smallest absolute Gasteiger partial charge is 0.433 e. The molecule has 0 aliphatic rings. The van der Waals surface area contributed by atoms with E-state index in [0.717, 1.165) is 17.1 Å². The van der Waals surface area contributed by atoms with Gasteiger partial charge in [0.15, 0.2) is 0 Å². The molecule has 0 saturated carbocycles. The van der Waals surface area contributed by atoms with Gasteiger partial charge in [0.1, 0.15) is 11.5 Å². The molecule has 0 bridgehead atoms. The van der Waals surface area contributed by atoms with Crippen LogP contribution in [-0.2, 0) is 4.84 Å². The number of hydrogen-bond donors (Lipinski definition) is 1. The number of oxime groups is 1. The highest BCUT2D eigenvalue weighted by molar-refractivity contribution is 5.80. The summed E-state index contributed by atoms with van der Waals surface area (Å²) in [5, 5.41) is 5.84. The van der Waals surface area contributed by atoms with Gasteiger partial charge in [0.2, 0.25) is 0 Å². The molecule has 0 radical (unpaired) electrons. The molecule has 0 aromatic heterocycles.